The van der Waals surface area contributed by atoms with Crippen molar-refractivity contribution in [2.45, 2.75) is 6.18 Å². The number of carbonyl (C=O) groups is 1. The molecule has 0 spiro atoms. The van der Waals surface area contributed by atoms with Crippen LogP contribution in [0.25, 0.3) is 22.3 Å². The van der Waals surface area contributed by atoms with E-state index in [1.165, 1.54) is 19.2 Å². The number of ether oxygens (including phenoxy) is 2. The van der Waals surface area contributed by atoms with E-state index in [0.29, 0.717) is 16.9 Å². The Balaban J connectivity index is 1.62. The van der Waals surface area contributed by atoms with Gasteiger partial charge in [-0.2, -0.15) is 13.2 Å². The van der Waals surface area contributed by atoms with Crippen LogP contribution in [0.5, 0.6) is 11.5 Å². The summed E-state index contributed by atoms with van der Waals surface area (Å²) < 4.78 is 55.3. The first-order valence-electron chi connectivity index (χ1n) is 10.1. The van der Waals surface area contributed by atoms with Gasteiger partial charge in [0.25, 0.3) is 5.91 Å². The number of halogens is 3. The average molecular weight is 469 g/mol. The second kappa shape index (κ2) is 9.30. The molecular formula is C25H18F3NO5. The predicted octanol–water partition coefficient (Wildman–Crippen LogP) is 5.50. The molecule has 0 saturated carbocycles. The standard InChI is InChI=1S/C25H18F3NO5/c1-32-18-11-9-15(10-12-18)23-24(22(31)19-7-2-3-8-20(19)34-23)33-14-21(30)29-17-6-4-5-16(13-17)25(26,27)28/h2-13H,14H2,1H3,(H,29,30). The van der Waals surface area contributed by atoms with Crippen molar-refractivity contribution in [3.63, 3.8) is 0 Å². The maximum Gasteiger partial charge on any atom is 0.416 e. The summed E-state index contributed by atoms with van der Waals surface area (Å²) in [5, 5.41) is 2.60. The molecule has 1 N–H and O–H groups in total. The third-order valence-electron chi connectivity index (χ3n) is 4.93. The minimum absolute atomic E-state index is 0.0515. The van der Waals surface area contributed by atoms with Crippen LogP contribution in [-0.4, -0.2) is 19.6 Å². The Morgan fingerprint density at radius 3 is 2.44 bits per heavy atom. The van der Waals surface area contributed by atoms with Crippen molar-refractivity contribution in [2.75, 3.05) is 19.0 Å². The lowest BCUT2D eigenvalue weighted by Crippen LogP contribution is -2.23. The van der Waals surface area contributed by atoms with Gasteiger partial charge in [0, 0.05) is 11.3 Å². The lowest BCUT2D eigenvalue weighted by molar-refractivity contribution is -0.137. The summed E-state index contributed by atoms with van der Waals surface area (Å²) in [5.74, 6) is -0.233. The maximum atomic E-state index is 13.1. The molecule has 1 amide bonds. The summed E-state index contributed by atoms with van der Waals surface area (Å²) >= 11 is 0. The quantitative estimate of drug-likeness (QED) is 0.403. The summed E-state index contributed by atoms with van der Waals surface area (Å²) in [6.45, 7) is -0.623. The van der Waals surface area contributed by atoms with Gasteiger partial charge >= 0.3 is 6.18 Å². The van der Waals surface area contributed by atoms with E-state index in [9.17, 15) is 22.8 Å². The second-order valence-corrected chi connectivity index (χ2v) is 7.23. The third kappa shape index (κ3) is 4.88. The van der Waals surface area contributed by atoms with Crippen LogP contribution in [0.2, 0.25) is 0 Å². The van der Waals surface area contributed by atoms with E-state index in [4.69, 9.17) is 13.9 Å². The molecule has 3 aromatic carbocycles. The summed E-state index contributed by atoms with van der Waals surface area (Å²) in [7, 11) is 1.52. The highest BCUT2D eigenvalue weighted by Gasteiger charge is 2.30. The molecule has 0 aliphatic heterocycles. The van der Waals surface area contributed by atoms with Crippen LogP contribution in [0, 0.1) is 0 Å². The summed E-state index contributed by atoms with van der Waals surface area (Å²) in [6, 6.07) is 17.5. The Morgan fingerprint density at radius 2 is 1.74 bits per heavy atom. The molecule has 1 aromatic heterocycles. The molecule has 0 radical (unpaired) electrons. The number of fused-ring (bicyclic) bond motifs is 1. The number of benzene rings is 3. The minimum Gasteiger partial charge on any atom is -0.497 e. The van der Waals surface area contributed by atoms with Crippen molar-refractivity contribution in [1.82, 2.24) is 0 Å². The zero-order valence-corrected chi connectivity index (χ0v) is 17.8. The van der Waals surface area contributed by atoms with Crippen molar-refractivity contribution in [1.29, 1.82) is 0 Å². The molecule has 34 heavy (non-hydrogen) atoms. The molecule has 174 valence electrons. The Bertz CT molecular complexity index is 1390. The third-order valence-corrected chi connectivity index (χ3v) is 4.93. The highest BCUT2D eigenvalue weighted by molar-refractivity contribution is 5.92. The topological polar surface area (TPSA) is 77.8 Å². The number of carbonyl (C=O) groups excluding carboxylic acids is 1. The number of para-hydroxylation sites is 1. The first-order valence-corrected chi connectivity index (χ1v) is 10.1. The van der Waals surface area contributed by atoms with Crippen LogP contribution < -0.4 is 20.2 Å². The van der Waals surface area contributed by atoms with Gasteiger partial charge in [0.1, 0.15) is 11.3 Å². The van der Waals surface area contributed by atoms with Gasteiger partial charge in [0.2, 0.25) is 11.2 Å². The zero-order chi connectivity index (χ0) is 24.3. The zero-order valence-electron chi connectivity index (χ0n) is 17.8. The summed E-state index contributed by atoms with van der Waals surface area (Å²) in [5.41, 5.74) is -0.594. The number of amides is 1. The number of alkyl halides is 3. The van der Waals surface area contributed by atoms with Crippen molar-refractivity contribution >= 4 is 22.6 Å². The van der Waals surface area contributed by atoms with Gasteiger partial charge in [-0.05, 0) is 54.6 Å². The van der Waals surface area contributed by atoms with E-state index in [2.05, 4.69) is 5.32 Å². The largest absolute Gasteiger partial charge is 0.497 e. The maximum absolute atomic E-state index is 13.1. The SMILES string of the molecule is COc1ccc(-c2oc3ccccc3c(=O)c2OCC(=O)Nc2cccc(C(F)(F)F)c2)cc1. The van der Waals surface area contributed by atoms with E-state index >= 15 is 0 Å². The average Bonchev–Trinajstić information content (AvgIpc) is 2.83. The molecule has 4 aromatic rings. The summed E-state index contributed by atoms with van der Waals surface area (Å²) in [6.07, 6.45) is -4.55. The number of rotatable bonds is 6. The first kappa shape index (κ1) is 22.9. The van der Waals surface area contributed by atoms with Crippen LogP contribution >= 0.6 is 0 Å². The van der Waals surface area contributed by atoms with Crippen LogP contribution in [0.15, 0.2) is 82.0 Å². The molecule has 0 unspecified atom stereocenters. The van der Waals surface area contributed by atoms with Crippen molar-refractivity contribution in [3.8, 4) is 22.8 Å². The van der Waals surface area contributed by atoms with Gasteiger partial charge in [0.05, 0.1) is 18.1 Å². The highest BCUT2D eigenvalue weighted by Crippen LogP contribution is 2.32. The smallest absolute Gasteiger partial charge is 0.416 e. The van der Waals surface area contributed by atoms with Gasteiger partial charge in [-0.1, -0.05) is 18.2 Å². The van der Waals surface area contributed by atoms with Gasteiger partial charge in [0.15, 0.2) is 12.4 Å². The van der Waals surface area contributed by atoms with E-state index in [1.807, 2.05) is 0 Å². The normalized spacial score (nSPS) is 11.3. The van der Waals surface area contributed by atoms with Crippen LogP contribution in [0.4, 0.5) is 18.9 Å². The van der Waals surface area contributed by atoms with E-state index < -0.39 is 29.7 Å². The van der Waals surface area contributed by atoms with Gasteiger partial charge in [-0.15, -0.1) is 0 Å². The Morgan fingerprint density at radius 1 is 1.00 bits per heavy atom. The molecule has 6 nitrogen and oxygen atoms in total. The van der Waals surface area contributed by atoms with E-state index in [-0.39, 0.29) is 22.6 Å². The minimum atomic E-state index is -4.55. The van der Waals surface area contributed by atoms with Gasteiger partial charge < -0.3 is 19.2 Å². The van der Waals surface area contributed by atoms with E-state index in [1.54, 1.807) is 48.5 Å². The fourth-order valence-corrected chi connectivity index (χ4v) is 3.30. The lowest BCUT2D eigenvalue weighted by Gasteiger charge is -2.13. The second-order valence-electron chi connectivity index (χ2n) is 7.23. The fourth-order valence-electron chi connectivity index (χ4n) is 3.30. The van der Waals surface area contributed by atoms with Gasteiger partial charge in [-0.3, -0.25) is 9.59 Å². The van der Waals surface area contributed by atoms with Crippen LogP contribution in [-0.2, 0) is 11.0 Å². The van der Waals surface area contributed by atoms with E-state index in [0.717, 1.165) is 12.1 Å². The molecule has 0 saturated heterocycles. The molecule has 4 rings (SSSR count). The Kier molecular flexibility index (Phi) is 6.27. The number of hydrogen-bond acceptors (Lipinski definition) is 5. The van der Waals surface area contributed by atoms with Crippen LogP contribution in [0.3, 0.4) is 0 Å². The number of methoxy groups -OCH3 is 1. The Hall–Kier alpha value is -4.27. The fraction of sp³-hybridized carbons (Fsp3) is 0.120. The summed E-state index contributed by atoms with van der Waals surface area (Å²) in [4.78, 5) is 25.5. The van der Waals surface area contributed by atoms with Crippen molar-refractivity contribution < 1.29 is 31.9 Å². The number of anilines is 1. The highest BCUT2D eigenvalue weighted by atomic mass is 19.4. The molecule has 0 aliphatic carbocycles. The molecule has 9 heteroatoms. The Labute approximate surface area is 191 Å². The predicted molar refractivity (Wildman–Crippen MR) is 120 cm³/mol. The number of nitrogens with one attached hydrogen (secondary N) is 1. The molecule has 0 fully saturated rings. The molecular weight excluding hydrogens is 451 g/mol. The monoisotopic (exact) mass is 469 g/mol. The lowest BCUT2D eigenvalue weighted by atomic mass is 10.1. The molecule has 0 bridgehead atoms. The van der Waals surface area contributed by atoms with Crippen LogP contribution in [0.1, 0.15) is 5.56 Å². The van der Waals surface area contributed by atoms with Crippen molar-refractivity contribution in [3.05, 3.63) is 88.6 Å². The number of hydrogen-bond donors (Lipinski definition) is 1. The molecule has 0 atom stereocenters. The molecule has 1 heterocycles. The molecule has 0 aliphatic rings. The van der Waals surface area contributed by atoms with Gasteiger partial charge in [-0.25, -0.2) is 0 Å². The van der Waals surface area contributed by atoms with Crippen molar-refractivity contribution in [2.24, 2.45) is 0 Å². The first-order chi connectivity index (χ1) is 16.3.